The van der Waals surface area contributed by atoms with E-state index in [9.17, 15) is 14.4 Å². The van der Waals surface area contributed by atoms with Crippen LogP contribution in [0.15, 0.2) is 16.9 Å². The summed E-state index contributed by atoms with van der Waals surface area (Å²) in [6, 6.07) is 2.84. The second-order valence-corrected chi connectivity index (χ2v) is 6.55. The van der Waals surface area contributed by atoms with Crippen molar-refractivity contribution in [2.45, 2.75) is 19.4 Å². The number of fused-ring (bicyclic) bond motifs is 1. The minimum Gasteiger partial charge on any atom is -0.382 e. The molecule has 0 radical (unpaired) electrons. The van der Waals surface area contributed by atoms with Crippen molar-refractivity contribution in [2.24, 2.45) is 0 Å². The molecular formula is C19H28N6O5. The van der Waals surface area contributed by atoms with Crippen molar-refractivity contribution < 1.29 is 19.1 Å². The maximum absolute atomic E-state index is 13.2. The van der Waals surface area contributed by atoms with Crippen LogP contribution in [0.3, 0.4) is 0 Å². The number of pyridine rings is 1. The normalized spacial score (nSPS) is 11.0. The highest BCUT2D eigenvalue weighted by Crippen LogP contribution is 2.20. The number of hydrogen-bond donors (Lipinski definition) is 2. The number of anilines is 2. The molecule has 0 aliphatic heterocycles. The minimum absolute atomic E-state index is 0.0100. The molecule has 0 bridgehead atoms. The molecule has 11 heteroatoms. The molecule has 0 spiro atoms. The Labute approximate surface area is 174 Å². The van der Waals surface area contributed by atoms with Gasteiger partial charge in [-0.3, -0.25) is 23.9 Å². The van der Waals surface area contributed by atoms with E-state index in [0.717, 1.165) is 0 Å². The summed E-state index contributed by atoms with van der Waals surface area (Å²) in [6.45, 7) is 2.03. The summed E-state index contributed by atoms with van der Waals surface area (Å²) in [6.07, 6.45) is 0.319. The SMILES string of the molecule is CCC(=O)N(C)c1ccc2nc(NCC(=O)NC)c(=O)n(C(COC)COC)c2n1. The third-order valence-corrected chi connectivity index (χ3v) is 4.52. The maximum atomic E-state index is 13.2. The van der Waals surface area contributed by atoms with Gasteiger partial charge in [-0.2, -0.15) is 0 Å². The first kappa shape index (κ1) is 23.2. The Morgan fingerprint density at radius 3 is 2.43 bits per heavy atom. The summed E-state index contributed by atoms with van der Waals surface area (Å²) < 4.78 is 12.0. The zero-order valence-electron chi connectivity index (χ0n) is 17.9. The lowest BCUT2D eigenvalue weighted by atomic mass is 10.3. The van der Waals surface area contributed by atoms with Crippen LogP contribution < -0.4 is 21.1 Å². The number of rotatable bonds is 10. The van der Waals surface area contributed by atoms with Crippen molar-refractivity contribution >= 4 is 34.6 Å². The first-order chi connectivity index (χ1) is 14.4. The number of ether oxygens (including phenoxy) is 2. The fraction of sp³-hybridized carbons (Fsp3) is 0.526. The van der Waals surface area contributed by atoms with E-state index in [0.29, 0.717) is 17.8 Å². The number of nitrogens with zero attached hydrogens (tertiary/aromatic N) is 4. The summed E-state index contributed by atoms with van der Waals surface area (Å²) >= 11 is 0. The lowest BCUT2D eigenvalue weighted by molar-refractivity contribution is -0.119. The topological polar surface area (TPSA) is 128 Å². The van der Waals surface area contributed by atoms with Crippen molar-refractivity contribution in [1.82, 2.24) is 19.9 Å². The van der Waals surface area contributed by atoms with Crippen molar-refractivity contribution in [3.63, 3.8) is 0 Å². The average molecular weight is 420 g/mol. The molecule has 0 aromatic carbocycles. The maximum Gasteiger partial charge on any atom is 0.295 e. The molecule has 0 saturated carbocycles. The van der Waals surface area contributed by atoms with E-state index in [4.69, 9.17) is 9.47 Å². The van der Waals surface area contributed by atoms with Crippen LogP contribution in [-0.4, -0.2) is 74.4 Å². The molecule has 0 saturated heterocycles. The van der Waals surface area contributed by atoms with E-state index in [1.807, 2.05) is 0 Å². The Kier molecular flexibility index (Phi) is 8.25. The van der Waals surface area contributed by atoms with E-state index in [1.54, 1.807) is 26.1 Å². The van der Waals surface area contributed by atoms with Crippen LogP contribution in [0.2, 0.25) is 0 Å². The van der Waals surface area contributed by atoms with Gasteiger partial charge in [0.1, 0.15) is 11.3 Å². The van der Waals surface area contributed by atoms with Crippen LogP contribution in [0.1, 0.15) is 19.4 Å². The summed E-state index contributed by atoms with van der Waals surface area (Å²) in [5, 5.41) is 5.25. The van der Waals surface area contributed by atoms with Gasteiger partial charge in [-0.1, -0.05) is 6.92 Å². The van der Waals surface area contributed by atoms with E-state index < -0.39 is 11.6 Å². The zero-order valence-corrected chi connectivity index (χ0v) is 17.9. The molecule has 2 N–H and O–H groups in total. The quantitative estimate of drug-likeness (QED) is 0.556. The summed E-state index contributed by atoms with van der Waals surface area (Å²) in [5.41, 5.74) is 0.241. The monoisotopic (exact) mass is 420 g/mol. The average Bonchev–Trinajstić information content (AvgIpc) is 2.76. The van der Waals surface area contributed by atoms with Crippen molar-refractivity contribution in [3.8, 4) is 0 Å². The first-order valence-corrected chi connectivity index (χ1v) is 9.50. The summed E-state index contributed by atoms with van der Waals surface area (Å²) in [7, 11) is 6.17. The smallest absolute Gasteiger partial charge is 0.295 e. The predicted molar refractivity (Wildman–Crippen MR) is 113 cm³/mol. The second-order valence-electron chi connectivity index (χ2n) is 6.55. The van der Waals surface area contributed by atoms with Gasteiger partial charge in [0.05, 0.1) is 25.8 Å². The van der Waals surface area contributed by atoms with Crippen molar-refractivity contribution in [3.05, 3.63) is 22.5 Å². The third kappa shape index (κ3) is 5.10. The van der Waals surface area contributed by atoms with Gasteiger partial charge in [-0.15, -0.1) is 0 Å². The van der Waals surface area contributed by atoms with Gasteiger partial charge in [0.2, 0.25) is 11.8 Å². The number of amides is 2. The molecule has 2 aromatic rings. The van der Waals surface area contributed by atoms with Crippen LogP contribution in [0, 0.1) is 0 Å². The van der Waals surface area contributed by atoms with Crippen LogP contribution in [-0.2, 0) is 19.1 Å². The van der Waals surface area contributed by atoms with Gasteiger partial charge in [0.25, 0.3) is 5.56 Å². The number of aromatic nitrogens is 3. The second kappa shape index (κ2) is 10.6. The Morgan fingerprint density at radius 1 is 1.20 bits per heavy atom. The Bertz CT molecular complexity index is 954. The molecule has 2 amide bonds. The molecule has 2 heterocycles. The molecule has 0 aliphatic rings. The molecule has 0 atom stereocenters. The number of carbonyl (C=O) groups excluding carboxylic acids is 2. The van der Waals surface area contributed by atoms with Crippen LogP contribution in [0.5, 0.6) is 0 Å². The third-order valence-electron chi connectivity index (χ3n) is 4.52. The van der Waals surface area contributed by atoms with Gasteiger partial charge in [-0.05, 0) is 12.1 Å². The number of hydrogen-bond acceptors (Lipinski definition) is 8. The Morgan fingerprint density at radius 2 is 1.87 bits per heavy atom. The molecule has 164 valence electrons. The zero-order chi connectivity index (χ0) is 22.3. The van der Waals surface area contributed by atoms with Gasteiger partial charge < -0.3 is 20.1 Å². The largest absolute Gasteiger partial charge is 0.382 e. The standard InChI is InChI=1S/C19H28N6O5/c1-6-16(27)24(3)14-8-7-13-18(23-14)25(12(10-29-4)11-30-5)19(28)17(22-13)21-9-15(26)20-2/h7-8,12H,6,9-11H2,1-5H3,(H,20,26)(H,21,22). The lowest BCUT2D eigenvalue weighted by Crippen LogP contribution is -2.35. The fourth-order valence-corrected chi connectivity index (χ4v) is 2.91. The number of methoxy groups -OCH3 is 2. The molecule has 0 aliphatic carbocycles. The molecular weight excluding hydrogens is 392 g/mol. The highest BCUT2D eigenvalue weighted by molar-refractivity contribution is 5.92. The minimum atomic E-state index is -0.492. The summed E-state index contributed by atoms with van der Waals surface area (Å²) in [5.74, 6) is -0.000872. The number of nitrogens with one attached hydrogen (secondary N) is 2. The molecule has 11 nitrogen and oxygen atoms in total. The van der Waals surface area contributed by atoms with E-state index in [2.05, 4.69) is 20.6 Å². The van der Waals surface area contributed by atoms with Crippen molar-refractivity contribution in [2.75, 3.05) is 58.3 Å². The number of likely N-dealkylation sites (N-methyl/N-ethyl adjacent to an activating group) is 1. The molecule has 2 aromatic heterocycles. The van der Waals surface area contributed by atoms with E-state index >= 15 is 0 Å². The molecule has 0 unspecified atom stereocenters. The molecule has 30 heavy (non-hydrogen) atoms. The molecule has 0 fully saturated rings. The Hall–Kier alpha value is -3.05. The van der Waals surface area contributed by atoms with Gasteiger partial charge >= 0.3 is 0 Å². The number of carbonyl (C=O) groups is 2. The Balaban J connectivity index is 2.68. The first-order valence-electron chi connectivity index (χ1n) is 9.50. The predicted octanol–water partition coefficient (Wildman–Crippen LogP) is 0.156. The highest BCUT2D eigenvalue weighted by atomic mass is 16.5. The lowest BCUT2D eigenvalue weighted by Gasteiger charge is -2.22. The molecule has 2 rings (SSSR count). The fourth-order valence-electron chi connectivity index (χ4n) is 2.91. The van der Waals surface area contributed by atoms with E-state index in [1.165, 1.54) is 30.7 Å². The highest BCUT2D eigenvalue weighted by Gasteiger charge is 2.22. The van der Waals surface area contributed by atoms with Gasteiger partial charge in [-0.25, -0.2) is 9.97 Å². The van der Waals surface area contributed by atoms with Crippen LogP contribution in [0.4, 0.5) is 11.6 Å². The van der Waals surface area contributed by atoms with E-state index in [-0.39, 0.29) is 43.0 Å². The van der Waals surface area contributed by atoms with Crippen LogP contribution in [0.25, 0.3) is 11.2 Å². The van der Waals surface area contributed by atoms with Gasteiger partial charge in [0, 0.05) is 34.7 Å². The summed E-state index contributed by atoms with van der Waals surface area (Å²) in [4.78, 5) is 47.2. The van der Waals surface area contributed by atoms with Crippen LogP contribution >= 0.6 is 0 Å². The van der Waals surface area contributed by atoms with Crippen molar-refractivity contribution in [1.29, 1.82) is 0 Å². The van der Waals surface area contributed by atoms with Gasteiger partial charge in [0.15, 0.2) is 11.5 Å².